The molecule has 2 rings (SSSR count). The molecule has 0 bridgehead atoms. The summed E-state index contributed by atoms with van der Waals surface area (Å²) in [5.74, 6) is 1.51. The van der Waals surface area contributed by atoms with Gasteiger partial charge in [-0.05, 0) is 31.2 Å². The molecular weight excluding hydrogens is 236 g/mol. The van der Waals surface area contributed by atoms with Gasteiger partial charge >= 0.3 is 0 Å². The first-order valence-electron chi connectivity index (χ1n) is 5.75. The normalized spacial score (nSPS) is 15.4. The van der Waals surface area contributed by atoms with Crippen molar-refractivity contribution in [1.82, 2.24) is 0 Å². The molecule has 0 N–H and O–H groups in total. The highest BCUT2D eigenvalue weighted by Gasteiger charge is 2.20. The number of ketones is 1. The molecule has 0 atom stereocenters. The van der Waals surface area contributed by atoms with Crippen LogP contribution in [-0.4, -0.2) is 36.6 Å². The molecule has 0 spiro atoms. The summed E-state index contributed by atoms with van der Waals surface area (Å²) in [5.41, 5.74) is 0.751. The number of thioether (sulfide) groups is 1. The third-order valence-electron chi connectivity index (χ3n) is 2.54. The lowest BCUT2D eigenvalue weighted by Gasteiger charge is -2.24. The number of ether oxygens (including phenoxy) is 2. The minimum Gasteiger partial charge on any atom is -0.494 e. The zero-order chi connectivity index (χ0) is 12.1. The smallest absolute Gasteiger partial charge is 0.172 e. The van der Waals surface area contributed by atoms with Crippen LogP contribution in [0.15, 0.2) is 24.3 Å². The van der Waals surface area contributed by atoms with E-state index in [1.807, 2.05) is 31.2 Å². The van der Waals surface area contributed by atoms with E-state index in [0.717, 1.165) is 24.5 Å². The van der Waals surface area contributed by atoms with E-state index < -0.39 is 0 Å². The monoisotopic (exact) mass is 252 g/mol. The molecule has 4 heteroatoms. The zero-order valence-electron chi connectivity index (χ0n) is 9.85. The topological polar surface area (TPSA) is 35.5 Å². The molecule has 0 aliphatic carbocycles. The van der Waals surface area contributed by atoms with Crippen molar-refractivity contribution < 1.29 is 14.3 Å². The largest absolute Gasteiger partial charge is 0.494 e. The van der Waals surface area contributed by atoms with E-state index in [-0.39, 0.29) is 5.78 Å². The Morgan fingerprint density at radius 3 is 2.65 bits per heavy atom. The molecule has 1 saturated heterocycles. The molecule has 1 aliphatic rings. The van der Waals surface area contributed by atoms with E-state index in [2.05, 4.69) is 0 Å². The first kappa shape index (κ1) is 12.5. The van der Waals surface area contributed by atoms with Crippen LogP contribution >= 0.6 is 11.8 Å². The van der Waals surface area contributed by atoms with Gasteiger partial charge in [-0.15, -0.1) is 11.8 Å². The summed E-state index contributed by atoms with van der Waals surface area (Å²) in [7, 11) is 0. The van der Waals surface area contributed by atoms with Crippen LogP contribution in [0.2, 0.25) is 0 Å². The maximum Gasteiger partial charge on any atom is 0.172 e. The van der Waals surface area contributed by atoms with E-state index in [4.69, 9.17) is 9.47 Å². The van der Waals surface area contributed by atoms with Crippen LogP contribution in [0.5, 0.6) is 5.75 Å². The van der Waals surface area contributed by atoms with Crippen molar-refractivity contribution >= 4 is 17.5 Å². The van der Waals surface area contributed by atoms with Crippen LogP contribution in [0.1, 0.15) is 17.3 Å². The highest BCUT2D eigenvalue weighted by Crippen LogP contribution is 2.20. The Hall–Kier alpha value is -1.00. The molecule has 17 heavy (non-hydrogen) atoms. The van der Waals surface area contributed by atoms with Crippen LogP contribution in [0, 0.1) is 0 Å². The van der Waals surface area contributed by atoms with E-state index in [9.17, 15) is 4.79 Å². The van der Waals surface area contributed by atoms with Gasteiger partial charge < -0.3 is 9.47 Å². The number of Topliss-reactive ketones (excluding diaryl/α,β-unsaturated/α-hetero) is 1. The summed E-state index contributed by atoms with van der Waals surface area (Å²) in [6, 6.07) is 7.33. The Kier molecular flexibility index (Phi) is 4.45. The Labute approximate surface area is 105 Å². The number of rotatable bonds is 6. The standard InChI is InChI=1S/C13H16O3S/c1-2-16-11-5-3-10(4-6-11)13(14)9-17-12-7-15-8-12/h3-6,12H,2,7-9H2,1H3. The number of carbonyl (C=O) groups is 1. The first-order chi connectivity index (χ1) is 8.29. The van der Waals surface area contributed by atoms with Gasteiger partial charge in [0.1, 0.15) is 5.75 Å². The molecule has 1 aliphatic heterocycles. The molecule has 0 amide bonds. The Balaban J connectivity index is 1.84. The van der Waals surface area contributed by atoms with E-state index >= 15 is 0 Å². The van der Waals surface area contributed by atoms with Crippen LogP contribution in [0.4, 0.5) is 0 Å². The van der Waals surface area contributed by atoms with Gasteiger partial charge in [0, 0.05) is 5.56 Å². The van der Waals surface area contributed by atoms with E-state index in [0.29, 0.717) is 17.6 Å². The maximum absolute atomic E-state index is 11.9. The fourth-order valence-electron chi connectivity index (χ4n) is 1.49. The highest BCUT2D eigenvalue weighted by molar-refractivity contribution is 8.00. The summed E-state index contributed by atoms with van der Waals surface area (Å²) < 4.78 is 10.4. The van der Waals surface area contributed by atoms with Gasteiger partial charge in [-0.25, -0.2) is 0 Å². The van der Waals surface area contributed by atoms with Crippen molar-refractivity contribution in [3.8, 4) is 5.75 Å². The number of hydrogen-bond donors (Lipinski definition) is 0. The molecule has 92 valence electrons. The fourth-order valence-corrected chi connectivity index (χ4v) is 2.43. The lowest BCUT2D eigenvalue weighted by molar-refractivity contribution is 0.0455. The highest BCUT2D eigenvalue weighted by atomic mass is 32.2. The Morgan fingerprint density at radius 1 is 1.41 bits per heavy atom. The summed E-state index contributed by atoms with van der Waals surface area (Å²) >= 11 is 1.67. The van der Waals surface area contributed by atoms with Gasteiger partial charge in [0.05, 0.1) is 30.8 Å². The Morgan fingerprint density at radius 2 is 2.12 bits per heavy atom. The lowest BCUT2D eigenvalue weighted by Crippen LogP contribution is -2.31. The zero-order valence-corrected chi connectivity index (χ0v) is 10.7. The minimum absolute atomic E-state index is 0.171. The third-order valence-corrected chi connectivity index (χ3v) is 3.72. The average molecular weight is 252 g/mol. The quantitative estimate of drug-likeness (QED) is 0.728. The van der Waals surface area contributed by atoms with Crippen LogP contribution in [-0.2, 0) is 4.74 Å². The summed E-state index contributed by atoms with van der Waals surface area (Å²) in [5, 5.41) is 0.502. The SMILES string of the molecule is CCOc1ccc(C(=O)CSC2COC2)cc1. The second kappa shape index (κ2) is 6.07. The molecule has 1 heterocycles. The predicted molar refractivity (Wildman–Crippen MR) is 69.0 cm³/mol. The Bertz CT molecular complexity index is 371. The van der Waals surface area contributed by atoms with Crippen molar-refractivity contribution in [2.75, 3.05) is 25.6 Å². The van der Waals surface area contributed by atoms with Gasteiger partial charge in [-0.1, -0.05) is 0 Å². The van der Waals surface area contributed by atoms with Gasteiger partial charge in [0.25, 0.3) is 0 Å². The number of carbonyl (C=O) groups excluding carboxylic acids is 1. The van der Waals surface area contributed by atoms with Gasteiger partial charge in [-0.2, -0.15) is 0 Å². The molecule has 0 aromatic heterocycles. The maximum atomic E-state index is 11.9. The third kappa shape index (κ3) is 3.48. The molecule has 0 unspecified atom stereocenters. The lowest BCUT2D eigenvalue weighted by atomic mass is 10.1. The molecule has 0 radical (unpaired) electrons. The first-order valence-corrected chi connectivity index (χ1v) is 6.80. The van der Waals surface area contributed by atoms with Crippen molar-refractivity contribution in [1.29, 1.82) is 0 Å². The predicted octanol–water partition coefficient (Wildman–Crippen LogP) is 2.40. The van der Waals surface area contributed by atoms with Crippen LogP contribution in [0.3, 0.4) is 0 Å². The van der Waals surface area contributed by atoms with Crippen molar-refractivity contribution in [2.45, 2.75) is 12.2 Å². The second-order valence-electron chi connectivity index (χ2n) is 3.85. The fraction of sp³-hybridized carbons (Fsp3) is 0.462. The molecule has 1 aromatic carbocycles. The van der Waals surface area contributed by atoms with Gasteiger partial charge in [0.15, 0.2) is 5.78 Å². The van der Waals surface area contributed by atoms with Crippen LogP contribution in [0.25, 0.3) is 0 Å². The molecule has 0 saturated carbocycles. The summed E-state index contributed by atoms with van der Waals surface area (Å²) in [6.45, 7) is 4.14. The van der Waals surface area contributed by atoms with E-state index in [1.165, 1.54) is 0 Å². The van der Waals surface area contributed by atoms with Crippen LogP contribution < -0.4 is 4.74 Å². The number of hydrogen-bond acceptors (Lipinski definition) is 4. The number of benzene rings is 1. The van der Waals surface area contributed by atoms with E-state index in [1.54, 1.807) is 11.8 Å². The summed E-state index contributed by atoms with van der Waals surface area (Å²) in [6.07, 6.45) is 0. The molecule has 1 fully saturated rings. The van der Waals surface area contributed by atoms with Crippen molar-refractivity contribution in [3.63, 3.8) is 0 Å². The molecule has 1 aromatic rings. The minimum atomic E-state index is 0.171. The summed E-state index contributed by atoms with van der Waals surface area (Å²) in [4.78, 5) is 11.9. The molecule has 3 nitrogen and oxygen atoms in total. The van der Waals surface area contributed by atoms with Crippen molar-refractivity contribution in [2.24, 2.45) is 0 Å². The van der Waals surface area contributed by atoms with Crippen molar-refractivity contribution in [3.05, 3.63) is 29.8 Å². The molecular formula is C13H16O3S. The second-order valence-corrected chi connectivity index (χ2v) is 5.14. The van der Waals surface area contributed by atoms with Gasteiger partial charge in [-0.3, -0.25) is 4.79 Å². The van der Waals surface area contributed by atoms with Gasteiger partial charge in [0.2, 0.25) is 0 Å². The average Bonchev–Trinajstić information content (AvgIpc) is 2.28.